The van der Waals surface area contributed by atoms with Crippen molar-refractivity contribution in [2.75, 3.05) is 14.1 Å². The van der Waals surface area contributed by atoms with Gasteiger partial charge in [-0.2, -0.15) is 0 Å². The molecule has 46 heavy (non-hydrogen) atoms. The van der Waals surface area contributed by atoms with Crippen molar-refractivity contribution in [1.82, 2.24) is 10.2 Å². The van der Waals surface area contributed by atoms with Crippen LogP contribution in [0.15, 0.2) is 60.7 Å². The normalized spacial score (nSPS) is 27.3. The van der Waals surface area contributed by atoms with Crippen LogP contribution in [-0.4, -0.2) is 69.9 Å². The first-order chi connectivity index (χ1) is 21.8. The predicted molar refractivity (Wildman–Crippen MR) is 164 cm³/mol. The number of fused-ring (bicyclic) bond motifs is 3. The van der Waals surface area contributed by atoms with E-state index in [9.17, 15) is 38.6 Å². The second-order valence-corrected chi connectivity index (χ2v) is 12.7. The number of amides is 1. The van der Waals surface area contributed by atoms with Gasteiger partial charge < -0.3 is 21.3 Å². The highest BCUT2D eigenvalue weighted by Crippen LogP contribution is 2.51. The molecule has 2 saturated carbocycles. The molecule has 10 nitrogen and oxygen atoms in total. The highest BCUT2D eigenvalue weighted by molar-refractivity contribution is 6.32. The molecule has 3 aliphatic rings. The molecule has 6 atom stereocenters. The Kier molecular flexibility index (Phi) is 7.95. The SMILES string of the molecule is CN(C)C1C(=O)C(C(N)=O)C(=O)[C@]2(O)C(=O)C3C(=O)c4c(O)ccc(-c5ccc(CNCc6cccc(F)c6)cc5)c4C[C@@H]3C[C@H]12. The van der Waals surface area contributed by atoms with Gasteiger partial charge >= 0.3 is 0 Å². The fourth-order valence-corrected chi connectivity index (χ4v) is 7.68. The number of primary amides is 1. The molecule has 2 fully saturated rings. The number of carbonyl (C=O) groups is 5. The highest BCUT2D eigenvalue weighted by atomic mass is 19.1. The summed E-state index contributed by atoms with van der Waals surface area (Å²) in [4.78, 5) is 68.4. The molecule has 5 N–H and O–H groups in total. The molecule has 0 heterocycles. The molecule has 0 bridgehead atoms. The minimum atomic E-state index is -2.76. The first-order valence-corrected chi connectivity index (χ1v) is 15.1. The van der Waals surface area contributed by atoms with E-state index >= 15 is 0 Å². The second-order valence-electron chi connectivity index (χ2n) is 12.7. The van der Waals surface area contributed by atoms with Gasteiger partial charge in [-0.05, 0) is 78.9 Å². The maximum Gasteiger partial charge on any atom is 0.235 e. The molecular formula is C35H34FN3O7. The quantitative estimate of drug-likeness (QED) is 0.287. The van der Waals surface area contributed by atoms with Gasteiger partial charge in [0.05, 0.1) is 17.5 Å². The lowest BCUT2D eigenvalue weighted by Gasteiger charge is -2.52. The van der Waals surface area contributed by atoms with Crippen LogP contribution in [0.25, 0.3) is 11.1 Å². The van der Waals surface area contributed by atoms with Crippen molar-refractivity contribution in [3.05, 3.63) is 88.7 Å². The monoisotopic (exact) mass is 627 g/mol. The molecule has 3 aliphatic carbocycles. The Hall–Kier alpha value is -4.58. The van der Waals surface area contributed by atoms with Crippen molar-refractivity contribution in [1.29, 1.82) is 0 Å². The number of phenolic OH excluding ortho intramolecular Hbond substituents is 1. The average Bonchev–Trinajstić information content (AvgIpc) is 2.99. The number of hydrogen-bond acceptors (Lipinski definition) is 9. The molecule has 11 heteroatoms. The third-order valence-corrected chi connectivity index (χ3v) is 9.76. The predicted octanol–water partition coefficient (Wildman–Crippen LogP) is 1.96. The largest absolute Gasteiger partial charge is 0.507 e. The number of likely N-dealkylation sites (N-methyl/N-ethyl adjacent to an activating group) is 1. The number of rotatable bonds is 7. The van der Waals surface area contributed by atoms with E-state index < -0.39 is 64.4 Å². The lowest BCUT2D eigenvalue weighted by Crippen LogP contribution is -2.74. The molecule has 238 valence electrons. The molecule has 0 spiro atoms. The van der Waals surface area contributed by atoms with Crippen molar-refractivity contribution < 1.29 is 38.6 Å². The summed E-state index contributed by atoms with van der Waals surface area (Å²) in [6.07, 6.45) is 0.154. The first kappa shape index (κ1) is 31.4. The Morgan fingerprint density at radius 3 is 2.35 bits per heavy atom. The number of benzene rings is 3. The van der Waals surface area contributed by atoms with E-state index in [4.69, 9.17) is 5.73 Å². The minimum Gasteiger partial charge on any atom is -0.507 e. The Morgan fingerprint density at radius 1 is 1.00 bits per heavy atom. The lowest BCUT2D eigenvalue weighted by molar-refractivity contribution is -0.181. The number of hydrogen-bond donors (Lipinski definition) is 4. The standard InChI is InChI=1S/C35H34FN3O7/c1-39(2)29-24-14-20-13-23-22(19-8-6-17(7-9-19)15-38-16-18-4-3-5-21(36)12-18)10-11-25(40)27(23)30(41)26(20)32(43)35(24,46)33(44)28(31(29)42)34(37)45/h3-12,20,24,26,28-29,38,40,46H,13-16H2,1-2H3,(H2,37,45)/t20-,24-,26?,28?,29?,35-/m1/s1. The molecule has 6 rings (SSSR count). The van der Waals surface area contributed by atoms with Gasteiger partial charge in [0.2, 0.25) is 5.91 Å². The summed E-state index contributed by atoms with van der Waals surface area (Å²) in [6.45, 7) is 1.01. The third kappa shape index (κ3) is 4.95. The van der Waals surface area contributed by atoms with E-state index in [2.05, 4.69) is 5.32 Å². The van der Waals surface area contributed by atoms with Crippen LogP contribution in [0.3, 0.4) is 0 Å². The van der Waals surface area contributed by atoms with Crippen LogP contribution in [-0.2, 0) is 38.7 Å². The summed E-state index contributed by atoms with van der Waals surface area (Å²) in [6, 6.07) is 15.9. The van der Waals surface area contributed by atoms with Crippen LogP contribution < -0.4 is 11.1 Å². The zero-order chi connectivity index (χ0) is 33.1. The zero-order valence-electron chi connectivity index (χ0n) is 25.3. The number of aromatic hydroxyl groups is 1. The number of Topliss-reactive ketones (excluding diaryl/α,β-unsaturated/α-hetero) is 4. The molecular weight excluding hydrogens is 593 g/mol. The Labute approximate surface area is 264 Å². The van der Waals surface area contributed by atoms with Crippen LogP contribution in [0, 0.1) is 29.5 Å². The van der Waals surface area contributed by atoms with Crippen LogP contribution >= 0.6 is 0 Å². The molecule has 0 aliphatic heterocycles. The number of ketones is 4. The van der Waals surface area contributed by atoms with E-state index in [0.717, 1.165) is 16.7 Å². The van der Waals surface area contributed by atoms with Gasteiger partial charge in [0.1, 0.15) is 11.6 Å². The van der Waals surface area contributed by atoms with Crippen molar-refractivity contribution in [2.24, 2.45) is 29.4 Å². The summed E-state index contributed by atoms with van der Waals surface area (Å²) in [5.41, 5.74) is 6.34. The van der Waals surface area contributed by atoms with E-state index in [1.54, 1.807) is 26.2 Å². The summed E-state index contributed by atoms with van der Waals surface area (Å²) < 4.78 is 13.5. The maximum atomic E-state index is 14.0. The number of aliphatic hydroxyl groups is 1. The van der Waals surface area contributed by atoms with Crippen molar-refractivity contribution in [2.45, 2.75) is 37.6 Å². The summed E-state index contributed by atoms with van der Waals surface area (Å²) in [5.74, 6) is -11.1. The van der Waals surface area contributed by atoms with Gasteiger partial charge in [-0.15, -0.1) is 0 Å². The average molecular weight is 628 g/mol. The van der Waals surface area contributed by atoms with Crippen molar-refractivity contribution in [3.63, 3.8) is 0 Å². The van der Waals surface area contributed by atoms with E-state index in [1.807, 2.05) is 30.3 Å². The molecule has 0 radical (unpaired) electrons. The highest BCUT2D eigenvalue weighted by Gasteiger charge is 2.69. The van der Waals surface area contributed by atoms with Crippen molar-refractivity contribution in [3.8, 4) is 16.9 Å². The fraction of sp³-hybridized carbons (Fsp3) is 0.343. The Bertz CT molecular complexity index is 1790. The van der Waals surface area contributed by atoms with Crippen molar-refractivity contribution >= 4 is 29.0 Å². The number of halogens is 1. The van der Waals surface area contributed by atoms with E-state index in [0.29, 0.717) is 24.2 Å². The van der Waals surface area contributed by atoms with Gasteiger partial charge in [-0.25, -0.2) is 4.39 Å². The van der Waals surface area contributed by atoms with Gasteiger partial charge in [0.25, 0.3) is 0 Å². The van der Waals surface area contributed by atoms with Crippen LogP contribution in [0.1, 0.15) is 33.5 Å². The number of nitrogens with one attached hydrogen (secondary N) is 1. The fourth-order valence-electron chi connectivity index (χ4n) is 7.68. The smallest absolute Gasteiger partial charge is 0.235 e. The third-order valence-electron chi connectivity index (χ3n) is 9.76. The zero-order valence-corrected chi connectivity index (χ0v) is 25.3. The molecule has 3 aromatic carbocycles. The number of nitrogens with zero attached hydrogens (tertiary/aromatic N) is 1. The van der Waals surface area contributed by atoms with Crippen LogP contribution in [0.2, 0.25) is 0 Å². The molecule has 0 aromatic heterocycles. The first-order valence-electron chi connectivity index (χ1n) is 15.1. The van der Waals surface area contributed by atoms with Gasteiger partial charge in [0, 0.05) is 19.0 Å². The van der Waals surface area contributed by atoms with Crippen LogP contribution in [0.4, 0.5) is 4.39 Å². The maximum absolute atomic E-state index is 14.0. The second kappa shape index (κ2) is 11.7. The molecule has 0 saturated heterocycles. The number of phenols is 1. The Morgan fingerprint density at radius 2 is 1.70 bits per heavy atom. The Balaban J connectivity index is 1.31. The van der Waals surface area contributed by atoms with Gasteiger partial charge in [0.15, 0.2) is 34.7 Å². The summed E-state index contributed by atoms with van der Waals surface area (Å²) in [7, 11) is 3.09. The van der Waals surface area contributed by atoms with Gasteiger partial charge in [-0.1, -0.05) is 42.5 Å². The van der Waals surface area contributed by atoms with Crippen LogP contribution in [0.5, 0.6) is 5.75 Å². The minimum absolute atomic E-state index is 0.0189. The number of carbonyl (C=O) groups excluding carboxylic acids is 5. The topological polar surface area (TPSA) is 167 Å². The lowest BCUT2D eigenvalue weighted by atomic mass is 9.52. The molecule has 1 amide bonds. The van der Waals surface area contributed by atoms with E-state index in [-0.39, 0.29) is 30.0 Å². The molecule has 3 aromatic rings. The number of nitrogens with two attached hydrogens (primary N) is 1. The summed E-state index contributed by atoms with van der Waals surface area (Å²) >= 11 is 0. The molecule has 3 unspecified atom stereocenters. The van der Waals surface area contributed by atoms with Gasteiger partial charge in [-0.3, -0.25) is 28.9 Å². The van der Waals surface area contributed by atoms with E-state index in [1.165, 1.54) is 23.1 Å². The summed E-state index contributed by atoms with van der Waals surface area (Å²) in [5, 5.41) is 25.8.